The molecule has 0 heterocycles. The lowest BCUT2D eigenvalue weighted by atomic mass is 10.2. The van der Waals surface area contributed by atoms with Gasteiger partial charge in [-0.15, -0.1) is 0 Å². The molecule has 1 N–H and O–H groups in total. The molecular formula is C9H12ClO4P. The topological polar surface area (TPSA) is 55.8 Å². The standard InChI is InChI=1S/C9H12ClO4P/c1-13-15(12,14-2)9(11)7-3-5-8(10)6-4-7/h3-6,9,11H,1-2H3/t9-/m1/s1. The molecule has 0 aliphatic carbocycles. The molecule has 0 fully saturated rings. The quantitative estimate of drug-likeness (QED) is 0.835. The summed E-state index contributed by atoms with van der Waals surface area (Å²) in [5, 5.41) is 10.3. The van der Waals surface area contributed by atoms with Crippen LogP contribution < -0.4 is 0 Å². The summed E-state index contributed by atoms with van der Waals surface area (Å²) in [6.07, 6.45) is 0. The van der Waals surface area contributed by atoms with Crippen LogP contribution in [-0.4, -0.2) is 19.3 Å². The molecule has 1 atom stereocenters. The Morgan fingerprint density at radius 1 is 1.27 bits per heavy atom. The highest BCUT2D eigenvalue weighted by Gasteiger charge is 2.33. The zero-order valence-corrected chi connectivity index (χ0v) is 10.0. The third-order valence-electron chi connectivity index (χ3n) is 1.98. The number of hydrogen-bond donors (Lipinski definition) is 1. The molecule has 0 aromatic heterocycles. The molecule has 0 saturated carbocycles. The van der Waals surface area contributed by atoms with Gasteiger partial charge < -0.3 is 14.2 Å². The van der Waals surface area contributed by atoms with Crippen LogP contribution in [0.4, 0.5) is 0 Å². The van der Waals surface area contributed by atoms with Crippen molar-refractivity contribution in [1.29, 1.82) is 0 Å². The van der Waals surface area contributed by atoms with Gasteiger partial charge in [0.25, 0.3) is 0 Å². The maximum Gasteiger partial charge on any atom is 0.362 e. The Kier molecular flexibility index (Phi) is 4.32. The van der Waals surface area contributed by atoms with Gasteiger partial charge in [-0.3, -0.25) is 4.57 Å². The van der Waals surface area contributed by atoms with Gasteiger partial charge in [0.2, 0.25) is 0 Å². The number of aliphatic hydroxyl groups is 1. The molecule has 0 unspecified atom stereocenters. The van der Waals surface area contributed by atoms with Crippen molar-refractivity contribution in [2.75, 3.05) is 14.2 Å². The maximum absolute atomic E-state index is 11.8. The first-order chi connectivity index (χ1) is 7.03. The molecule has 6 heteroatoms. The molecular weight excluding hydrogens is 239 g/mol. The third kappa shape index (κ3) is 2.80. The van der Waals surface area contributed by atoms with E-state index in [1.807, 2.05) is 0 Å². The zero-order chi connectivity index (χ0) is 11.5. The van der Waals surface area contributed by atoms with Crippen LogP contribution in [0.15, 0.2) is 24.3 Å². The molecule has 4 nitrogen and oxygen atoms in total. The normalized spacial score (nSPS) is 13.9. The van der Waals surface area contributed by atoms with Gasteiger partial charge in [0, 0.05) is 19.2 Å². The van der Waals surface area contributed by atoms with Crippen molar-refractivity contribution in [3.05, 3.63) is 34.9 Å². The van der Waals surface area contributed by atoms with Crippen molar-refractivity contribution in [3.63, 3.8) is 0 Å². The SMILES string of the molecule is COP(=O)(OC)[C@@H](O)c1ccc(Cl)cc1. The van der Waals surface area contributed by atoms with Gasteiger partial charge in [-0.1, -0.05) is 23.7 Å². The highest BCUT2D eigenvalue weighted by Crippen LogP contribution is 2.58. The number of rotatable bonds is 4. The smallest absolute Gasteiger partial charge is 0.362 e. The molecule has 1 rings (SSSR count). The lowest BCUT2D eigenvalue weighted by molar-refractivity contribution is 0.176. The first-order valence-corrected chi connectivity index (χ1v) is 6.17. The van der Waals surface area contributed by atoms with Crippen molar-refractivity contribution in [3.8, 4) is 0 Å². The van der Waals surface area contributed by atoms with E-state index in [0.717, 1.165) is 0 Å². The van der Waals surface area contributed by atoms with Crippen molar-refractivity contribution in [2.24, 2.45) is 0 Å². The number of benzene rings is 1. The Hall–Kier alpha value is -0.380. The predicted octanol–water partition coefficient (Wildman–Crippen LogP) is 2.82. The average Bonchev–Trinajstić information content (AvgIpc) is 2.28. The van der Waals surface area contributed by atoms with E-state index in [1.54, 1.807) is 24.3 Å². The highest BCUT2D eigenvalue weighted by atomic mass is 35.5. The van der Waals surface area contributed by atoms with E-state index in [9.17, 15) is 9.67 Å². The van der Waals surface area contributed by atoms with Crippen molar-refractivity contribution < 1.29 is 18.7 Å². The second-order valence-electron chi connectivity index (χ2n) is 2.83. The molecule has 0 bridgehead atoms. The van der Waals surface area contributed by atoms with Crippen LogP contribution in [0.2, 0.25) is 5.02 Å². The molecule has 84 valence electrons. The zero-order valence-electron chi connectivity index (χ0n) is 8.38. The summed E-state index contributed by atoms with van der Waals surface area (Å²) in [6.45, 7) is 0. The lowest BCUT2D eigenvalue weighted by Gasteiger charge is -2.19. The Morgan fingerprint density at radius 3 is 2.13 bits per heavy atom. The molecule has 0 spiro atoms. The fourth-order valence-electron chi connectivity index (χ4n) is 1.09. The summed E-state index contributed by atoms with van der Waals surface area (Å²) in [5.41, 5.74) is 0.437. The van der Waals surface area contributed by atoms with Crippen LogP contribution in [0.1, 0.15) is 11.4 Å². The lowest BCUT2D eigenvalue weighted by Crippen LogP contribution is -2.02. The second kappa shape index (κ2) is 5.10. The van der Waals surface area contributed by atoms with Crippen molar-refractivity contribution in [2.45, 2.75) is 5.85 Å². The van der Waals surface area contributed by atoms with Crippen molar-refractivity contribution in [1.82, 2.24) is 0 Å². The van der Waals surface area contributed by atoms with Crippen molar-refractivity contribution >= 4 is 19.2 Å². The molecule has 0 aliphatic heterocycles. The molecule has 1 aromatic carbocycles. The highest BCUT2D eigenvalue weighted by molar-refractivity contribution is 7.53. The van der Waals surface area contributed by atoms with Gasteiger partial charge in [-0.25, -0.2) is 0 Å². The van der Waals surface area contributed by atoms with Gasteiger partial charge >= 0.3 is 7.60 Å². The fraction of sp³-hybridized carbons (Fsp3) is 0.333. The minimum Gasteiger partial charge on any atom is -0.376 e. The number of halogens is 1. The molecule has 0 amide bonds. The van der Waals surface area contributed by atoms with Gasteiger partial charge in [0.1, 0.15) is 0 Å². The first kappa shape index (κ1) is 12.7. The summed E-state index contributed by atoms with van der Waals surface area (Å²) < 4.78 is 21.2. The van der Waals surface area contributed by atoms with Crippen LogP contribution in [-0.2, 0) is 13.6 Å². The average molecular weight is 251 g/mol. The Morgan fingerprint density at radius 2 is 1.73 bits per heavy atom. The predicted molar refractivity (Wildman–Crippen MR) is 58.0 cm³/mol. The number of aliphatic hydroxyl groups excluding tert-OH is 1. The van der Waals surface area contributed by atoms with Crippen LogP contribution in [0.5, 0.6) is 0 Å². The van der Waals surface area contributed by atoms with E-state index in [1.165, 1.54) is 14.2 Å². The van der Waals surface area contributed by atoms with E-state index < -0.39 is 13.4 Å². The summed E-state index contributed by atoms with van der Waals surface area (Å²) >= 11 is 5.69. The summed E-state index contributed by atoms with van der Waals surface area (Å²) in [4.78, 5) is 0. The first-order valence-electron chi connectivity index (χ1n) is 4.18. The molecule has 1 aromatic rings. The van der Waals surface area contributed by atoms with Gasteiger partial charge in [-0.05, 0) is 17.7 Å². The van der Waals surface area contributed by atoms with E-state index in [-0.39, 0.29) is 0 Å². The largest absolute Gasteiger partial charge is 0.376 e. The Balaban J connectivity index is 2.98. The molecule has 0 saturated heterocycles. The Labute approximate surface area is 93.3 Å². The fourth-order valence-corrected chi connectivity index (χ4v) is 2.30. The van der Waals surface area contributed by atoms with Crippen LogP contribution in [0.3, 0.4) is 0 Å². The van der Waals surface area contributed by atoms with E-state index in [2.05, 4.69) is 9.05 Å². The summed E-state index contributed by atoms with van der Waals surface area (Å²) in [5.74, 6) is -1.30. The van der Waals surface area contributed by atoms with Crippen LogP contribution >= 0.6 is 19.2 Å². The minimum atomic E-state index is -3.50. The summed E-state index contributed by atoms with van der Waals surface area (Å²) in [6, 6.07) is 6.32. The van der Waals surface area contributed by atoms with Crippen LogP contribution in [0, 0.1) is 0 Å². The second-order valence-corrected chi connectivity index (χ2v) is 5.57. The van der Waals surface area contributed by atoms with E-state index >= 15 is 0 Å². The van der Waals surface area contributed by atoms with Crippen LogP contribution in [0.25, 0.3) is 0 Å². The third-order valence-corrected chi connectivity index (χ3v) is 4.14. The van der Waals surface area contributed by atoms with Gasteiger partial charge in [-0.2, -0.15) is 0 Å². The molecule has 0 radical (unpaired) electrons. The molecule has 0 aliphatic rings. The van der Waals surface area contributed by atoms with Gasteiger partial charge in [0.05, 0.1) is 0 Å². The number of hydrogen-bond acceptors (Lipinski definition) is 4. The maximum atomic E-state index is 11.8. The van der Waals surface area contributed by atoms with E-state index in [0.29, 0.717) is 10.6 Å². The monoisotopic (exact) mass is 250 g/mol. The Bertz CT molecular complexity index is 357. The molecule has 15 heavy (non-hydrogen) atoms. The van der Waals surface area contributed by atoms with Gasteiger partial charge in [0.15, 0.2) is 5.85 Å². The van der Waals surface area contributed by atoms with E-state index in [4.69, 9.17) is 11.6 Å². The summed E-state index contributed by atoms with van der Waals surface area (Å²) in [7, 11) is -1.05. The minimum absolute atomic E-state index is 0.437.